The number of aromatic amines is 1. The standard InChI is InChI=1S/C16H19N3O3/c1-10-4-3-5-11(8-10)6-7-12(16(21)22-2)15-18-9-13(19-15)14(17)20/h3-5,8-9,12H,6-7H2,1-2H3,(H2,17,20)(H,18,19). The van der Waals surface area contributed by atoms with E-state index in [1.165, 1.54) is 18.9 Å². The first-order valence-electron chi connectivity index (χ1n) is 6.99. The maximum atomic E-state index is 12.0. The van der Waals surface area contributed by atoms with Gasteiger partial charge in [0.1, 0.15) is 17.4 Å². The van der Waals surface area contributed by atoms with Gasteiger partial charge in [-0.1, -0.05) is 29.8 Å². The number of nitrogens with one attached hydrogen (secondary N) is 1. The minimum atomic E-state index is -0.634. The van der Waals surface area contributed by atoms with Crippen LogP contribution in [0.3, 0.4) is 0 Å². The molecule has 0 radical (unpaired) electrons. The number of nitrogens with two attached hydrogens (primary N) is 1. The average molecular weight is 301 g/mol. The van der Waals surface area contributed by atoms with E-state index >= 15 is 0 Å². The maximum absolute atomic E-state index is 12.0. The van der Waals surface area contributed by atoms with Crippen molar-refractivity contribution >= 4 is 11.9 Å². The molecule has 0 fully saturated rings. The summed E-state index contributed by atoms with van der Waals surface area (Å²) in [6.07, 6.45) is 2.64. The van der Waals surface area contributed by atoms with Crippen molar-refractivity contribution in [1.29, 1.82) is 0 Å². The Hall–Kier alpha value is -2.63. The highest BCUT2D eigenvalue weighted by molar-refractivity contribution is 5.90. The van der Waals surface area contributed by atoms with Crippen LogP contribution in [-0.2, 0) is 16.0 Å². The molecule has 0 saturated heterocycles. The molecule has 1 atom stereocenters. The molecule has 0 bridgehead atoms. The van der Waals surface area contributed by atoms with E-state index in [9.17, 15) is 9.59 Å². The Bertz CT molecular complexity index is 679. The zero-order chi connectivity index (χ0) is 16.1. The van der Waals surface area contributed by atoms with Crippen molar-refractivity contribution in [1.82, 2.24) is 9.97 Å². The van der Waals surface area contributed by atoms with E-state index in [2.05, 4.69) is 16.0 Å². The van der Waals surface area contributed by atoms with E-state index in [0.29, 0.717) is 18.7 Å². The third kappa shape index (κ3) is 3.72. The van der Waals surface area contributed by atoms with Crippen molar-refractivity contribution in [2.75, 3.05) is 7.11 Å². The molecule has 6 nitrogen and oxygen atoms in total. The molecule has 1 heterocycles. The van der Waals surface area contributed by atoms with Gasteiger partial charge in [0.25, 0.3) is 5.91 Å². The van der Waals surface area contributed by atoms with Crippen molar-refractivity contribution in [2.45, 2.75) is 25.7 Å². The number of H-pyrrole nitrogens is 1. The number of primary amides is 1. The summed E-state index contributed by atoms with van der Waals surface area (Å²) in [6, 6.07) is 8.09. The van der Waals surface area contributed by atoms with E-state index in [1.54, 1.807) is 0 Å². The number of hydrogen-bond acceptors (Lipinski definition) is 4. The second kappa shape index (κ2) is 6.89. The van der Waals surface area contributed by atoms with E-state index in [0.717, 1.165) is 5.56 Å². The van der Waals surface area contributed by atoms with Gasteiger partial charge in [-0.25, -0.2) is 4.98 Å². The Kier molecular flexibility index (Phi) is 4.93. The molecular weight excluding hydrogens is 282 g/mol. The van der Waals surface area contributed by atoms with Gasteiger partial charge in [0.05, 0.1) is 7.11 Å². The summed E-state index contributed by atoms with van der Waals surface area (Å²) in [5, 5.41) is 0. The fraction of sp³-hybridized carbons (Fsp3) is 0.312. The van der Waals surface area contributed by atoms with Crippen LogP contribution in [0.1, 0.15) is 39.8 Å². The van der Waals surface area contributed by atoms with Crippen LogP contribution in [0.5, 0.6) is 0 Å². The Morgan fingerprint density at radius 3 is 2.77 bits per heavy atom. The largest absolute Gasteiger partial charge is 0.468 e. The number of aryl methyl sites for hydroxylation is 2. The highest BCUT2D eigenvalue weighted by Gasteiger charge is 2.25. The molecule has 2 aromatic rings. The minimum Gasteiger partial charge on any atom is -0.468 e. The van der Waals surface area contributed by atoms with Gasteiger partial charge in [-0.3, -0.25) is 9.59 Å². The second-order valence-electron chi connectivity index (χ2n) is 5.14. The number of hydrogen-bond donors (Lipinski definition) is 2. The summed E-state index contributed by atoms with van der Waals surface area (Å²) in [7, 11) is 1.33. The van der Waals surface area contributed by atoms with Gasteiger partial charge in [0, 0.05) is 6.20 Å². The zero-order valence-corrected chi connectivity index (χ0v) is 12.6. The molecule has 116 valence electrons. The summed E-state index contributed by atoms with van der Waals surface area (Å²) in [4.78, 5) is 30.0. The number of rotatable bonds is 6. The second-order valence-corrected chi connectivity index (χ2v) is 5.14. The first kappa shape index (κ1) is 15.8. The smallest absolute Gasteiger partial charge is 0.316 e. The molecule has 0 aliphatic heterocycles. The normalized spacial score (nSPS) is 11.9. The third-order valence-corrected chi connectivity index (χ3v) is 3.47. The van der Waals surface area contributed by atoms with Crippen molar-refractivity contribution in [3.05, 3.63) is 53.1 Å². The van der Waals surface area contributed by atoms with Gasteiger partial charge in [-0.05, 0) is 25.3 Å². The summed E-state index contributed by atoms with van der Waals surface area (Å²) in [5.74, 6) is -1.19. The van der Waals surface area contributed by atoms with E-state index in [-0.39, 0.29) is 5.69 Å². The highest BCUT2D eigenvalue weighted by atomic mass is 16.5. The predicted molar refractivity (Wildman–Crippen MR) is 81.4 cm³/mol. The van der Waals surface area contributed by atoms with Crippen LogP contribution in [0.25, 0.3) is 0 Å². The van der Waals surface area contributed by atoms with E-state index in [4.69, 9.17) is 10.5 Å². The first-order valence-corrected chi connectivity index (χ1v) is 6.99. The number of amides is 1. The maximum Gasteiger partial charge on any atom is 0.316 e. The summed E-state index contributed by atoms with van der Waals surface area (Å²) >= 11 is 0. The number of methoxy groups -OCH3 is 1. The van der Waals surface area contributed by atoms with Crippen LogP contribution in [0.2, 0.25) is 0 Å². The molecule has 3 N–H and O–H groups in total. The Labute approximate surface area is 128 Å². The van der Waals surface area contributed by atoms with Crippen molar-refractivity contribution in [3.8, 4) is 0 Å². The van der Waals surface area contributed by atoms with Crippen LogP contribution in [0, 0.1) is 6.92 Å². The molecule has 0 aliphatic rings. The van der Waals surface area contributed by atoms with Crippen molar-refractivity contribution in [3.63, 3.8) is 0 Å². The molecule has 2 rings (SSSR count). The lowest BCUT2D eigenvalue weighted by Crippen LogP contribution is -2.17. The van der Waals surface area contributed by atoms with E-state index < -0.39 is 17.8 Å². The van der Waals surface area contributed by atoms with Gasteiger partial charge in [-0.2, -0.15) is 0 Å². The van der Waals surface area contributed by atoms with Gasteiger partial charge < -0.3 is 15.5 Å². The van der Waals surface area contributed by atoms with Crippen molar-refractivity contribution in [2.24, 2.45) is 5.73 Å². The molecule has 1 aromatic carbocycles. The molecule has 6 heteroatoms. The van der Waals surface area contributed by atoms with Crippen LogP contribution < -0.4 is 5.73 Å². The van der Waals surface area contributed by atoms with Gasteiger partial charge >= 0.3 is 5.97 Å². The lowest BCUT2D eigenvalue weighted by Gasteiger charge is -2.12. The monoisotopic (exact) mass is 301 g/mol. The molecule has 0 aliphatic carbocycles. The van der Waals surface area contributed by atoms with Crippen molar-refractivity contribution < 1.29 is 14.3 Å². The Balaban J connectivity index is 2.15. The number of nitrogens with zero attached hydrogens (tertiary/aromatic N) is 1. The number of imidazole rings is 1. The van der Waals surface area contributed by atoms with Gasteiger partial charge in [0.15, 0.2) is 0 Å². The fourth-order valence-electron chi connectivity index (χ4n) is 2.33. The van der Waals surface area contributed by atoms with Gasteiger partial charge in [-0.15, -0.1) is 0 Å². The number of carbonyl (C=O) groups excluding carboxylic acids is 2. The predicted octanol–water partition coefficient (Wildman–Crippen LogP) is 1.71. The number of ether oxygens (including phenoxy) is 1. The lowest BCUT2D eigenvalue weighted by molar-refractivity contribution is -0.142. The molecule has 0 saturated carbocycles. The van der Waals surface area contributed by atoms with E-state index in [1.807, 2.05) is 25.1 Å². The molecule has 1 unspecified atom stereocenters. The summed E-state index contributed by atoms with van der Waals surface area (Å²) in [5.41, 5.74) is 7.59. The molecule has 22 heavy (non-hydrogen) atoms. The SMILES string of the molecule is COC(=O)C(CCc1cccc(C)c1)c1nc(C(N)=O)c[nH]1. The quantitative estimate of drug-likeness (QED) is 0.793. The van der Waals surface area contributed by atoms with Crippen LogP contribution in [0.4, 0.5) is 0 Å². The fourth-order valence-corrected chi connectivity index (χ4v) is 2.33. The minimum absolute atomic E-state index is 0.111. The molecule has 1 aromatic heterocycles. The third-order valence-electron chi connectivity index (χ3n) is 3.47. The Morgan fingerprint density at radius 2 is 2.18 bits per heavy atom. The topological polar surface area (TPSA) is 98.1 Å². The van der Waals surface area contributed by atoms with Crippen LogP contribution in [0.15, 0.2) is 30.5 Å². The number of aromatic nitrogens is 2. The summed E-state index contributed by atoms with van der Waals surface area (Å²) < 4.78 is 4.83. The summed E-state index contributed by atoms with van der Waals surface area (Å²) in [6.45, 7) is 2.02. The zero-order valence-electron chi connectivity index (χ0n) is 12.6. The lowest BCUT2D eigenvalue weighted by atomic mass is 9.98. The van der Waals surface area contributed by atoms with Gasteiger partial charge in [0.2, 0.25) is 0 Å². The Morgan fingerprint density at radius 1 is 1.41 bits per heavy atom. The van der Waals surface area contributed by atoms with Crippen LogP contribution >= 0.6 is 0 Å². The number of esters is 1. The molecular formula is C16H19N3O3. The average Bonchev–Trinajstić information content (AvgIpc) is 2.97. The molecule has 1 amide bonds. The number of carbonyl (C=O) groups is 2. The number of benzene rings is 1. The molecule has 0 spiro atoms. The highest BCUT2D eigenvalue weighted by Crippen LogP contribution is 2.21. The van der Waals surface area contributed by atoms with Crippen LogP contribution in [-0.4, -0.2) is 29.0 Å². The first-order chi connectivity index (χ1) is 10.5.